The maximum atomic E-state index is 4.21. The van der Waals surface area contributed by atoms with Gasteiger partial charge in [0.15, 0.2) is 0 Å². The molecule has 1 aromatic heterocycles. The topological polar surface area (TPSA) is 46.0 Å². The smallest absolute Gasteiger partial charge is 0.147 e. The summed E-state index contributed by atoms with van der Waals surface area (Å²) in [5, 5.41) is 11.8. The molecule has 1 aromatic rings. The molecule has 1 aliphatic rings. The van der Waals surface area contributed by atoms with Crippen molar-refractivity contribution in [1.29, 1.82) is 0 Å². The molecule has 1 N–H and O–H groups in total. The molecule has 108 valence electrons. The minimum absolute atomic E-state index is 0.620. The van der Waals surface area contributed by atoms with Crippen LogP contribution < -0.4 is 5.32 Å². The Balaban J connectivity index is 1.88. The highest BCUT2D eigenvalue weighted by Gasteiger charge is 2.23. The second kappa shape index (κ2) is 7.01. The molecule has 1 atom stereocenters. The van der Waals surface area contributed by atoms with E-state index in [1.807, 2.05) is 6.33 Å². The lowest BCUT2D eigenvalue weighted by Crippen LogP contribution is -2.46. The van der Waals surface area contributed by atoms with E-state index in [0.29, 0.717) is 12.0 Å². The quantitative estimate of drug-likeness (QED) is 0.812. The zero-order valence-electron chi connectivity index (χ0n) is 12.5. The van der Waals surface area contributed by atoms with Crippen LogP contribution in [0, 0.1) is 5.92 Å². The standard InChI is InChI=1S/C14H27N5/c1-4-5-13(9-15-8-12(2)3)18-6-7-19-11-16-17-14(19)10-18/h11-13,15H,4-10H2,1-3H3. The van der Waals surface area contributed by atoms with E-state index in [-0.39, 0.29) is 0 Å². The van der Waals surface area contributed by atoms with E-state index in [4.69, 9.17) is 0 Å². The Kier molecular flexibility index (Phi) is 5.34. The zero-order chi connectivity index (χ0) is 13.7. The van der Waals surface area contributed by atoms with Gasteiger partial charge in [0.05, 0.1) is 6.54 Å². The van der Waals surface area contributed by atoms with Crippen molar-refractivity contribution in [1.82, 2.24) is 25.0 Å². The van der Waals surface area contributed by atoms with E-state index in [2.05, 4.69) is 45.8 Å². The van der Waals surface area contributed by atoms with Crippen LogP contribution in [0.15, 0.2) is 6.33 Å². The van der Waals surface area contributed by atoms with Gasteiger partial charge in [-0.05, 0) is 18.9 Å². The second-order valence-corrected chi connectivity index (χ2v) is 5.91. The lowest BCUT2D eigenvalue weighted by Gasteiger charge is -2.34. The molecule has 0 fully saturated rings. The van der Waals surface area contributed by atoms with Crippen LogP contribution in [0.25, 0.3) is 0 Å². The molecule has 2 heterocycles. The Hall–Kier alpha value is -0.940. The molecule has 0 aromatic carbocycles. The van der Waals surface area contributed by atoms with E-state index < -0.39 is 0 Å². The van der Waals surface area contributed by atoms with E-state index in [0.717, 1.165) is 38.5 Å². The van der Waals surface area contributed by atoms with Gasteiger partial charge in [-0.2, -0.15) is 0 Å². The predicted octanol–water partition coefficient (Wildman–Crippen LogP) is 1.51. The van der Waals surface area contributed by atoms with Crippen LogP contribution in [0.3, 0.4) is 0 Å². The van der Waals surface area contributed by atoms with Gasteiger partial charge in [-0.3, -0.25) is 4.90 Å². The Morgan fingerprint density at radius 1 is 1.32 bits per heavy atom. The van der Waals surface area contributed by atoms with Crippen molar-refractivity contribution in [2.75, 3.05) is 19.6 Å². The predicted molar refractivity (Wildman–Crippen MR) is 76.8 cm³/mol. The Bertz CT molecular complexity index is 374. The van der Waals surface area contributed by atoms with Crippen LogP contribution in [-0.4, -0.2) is 45.3 Å². The monoisotopic (exact) mass is 265 g/mol. The third-order valence-electron chi connectivity index (χ3n) is 3.74. The molecule has 5 nitrogen and oxygen atoms in total. The fourth-order valence-corrected chi connectivity index (χ4v) is 2.68. The highest BCUT2D eigenvalue weighted by molar-refractivity contribution is 4.92. The zero-order valence-corrected chi connectivity index (χ0v) is 12.5. The molecule has 5 heteroatoms. The summed E-state index contributed by atoms with van der Waals surface area (Å²) in [5.41, 5.74) is 0. The summed E-state index contributed by atoms with van der Waals surface area (Å²) < 4.78 is 2.17. The maximum Gasteiger partial charge on any atom is 0.147 e. The molecule has 2 rings (SSSR count). The first-order chi connectivity index (χ1) is 9.20. The second-order valence-electron chi connectivity index (χ2n) is 5.91. The number of aromatic nitrogens is 3. The van der Waals surface area contributed by atoms with Gasteiger partial charge in [0, 0.05) is 25.7 Å². The summed E-state index contributed by atoms with van der Waals surface area (Å²) in [6.45, 7) is 12.0. The van der Waals surface area contributed by atoms with Crippen molar-refractivity contribution in [3.63, 3.8) is 0 Å². The number of hydrogen-bond acceptors (Lipinski definition) is 4. The number of rotatable bonds is 7. The minimum Gasteiger partial charge on any atom is -0.315 e. The van der Waals surface area contributed by atoms with Gasteiger partial charge >= 0.3 is 0 Å². The van der Waals surface area contributed by atoms with Crippen molar-refractivity contribution in [2.45, 2.75) is 52.7 Å². The SMILES string of the molecule is CCCC(CNCC(C)C)N1CCn2cnnc2C1. The molecule has 0 bridgehead atoms. The van der Waals surface area contributed by atoms with Crippen LogP contribution in [0.5, 0.6) is 0 Å². The normalized spacial score (nSPS) is 17.7. The van der Waals surface area contributed by atoms with Crippen LogP contribution in [0.4, 0.5) is 0 Å². The molecule has 1 unspecified atom stereocenters. The lowest BCUT2D eigenvalue weighted by molar-refractivity contribution is 0.140. The largest absolute Gasteiger partial charge is 0.315 e. The summed E-state index contributed by atoms with van der Waals surface area (Å²) in [4.78, 5) is 2.56. The first-order valence-corrected chi connectivity index (χ1v) is 7.52. The fourth-order valence-electron chi connectivity index (χ4n) is 2.68. The van der Waals surface area contributed by atoms with Gasteiger partial charge in [-0.1, -0.05) is 27.2 Å². The van der Waals surface area contributed by atoms with Crippen LogP contribution in [0.2, 0.25) is 0 Å². The van der Waals surface area contributed by atoms with Crippen LogP contribution in [0.1, 0.15) is 39.4 Å². The van der Waals surface area contributed by atoms with Gasteiger partial charge in [0.2, 0.25) is 0 Å². The first-order valence-electron chi connectivity index (χ1n) is 7.52. The van der Waals surface area contributed by atoms with E-state index in [1.54, 1.807) is 0 Å². The van der Waals surface area contributed by atoms with Gasteiger partial charge in [-0.25, -0.2) is 0 Å². The average Bonchev–Trinajstić information content (AvgIpc) is 2.84. The highest BCUT2D eigenvalue weighted by Crippen LogP contribution is 2.15. The van der Waals surface area contributed by atoms with Gasteiger partial charge < -0.3 is 9.88 Å². The van der Waals surface area contributed by atoms with Gasteiger partial charge in [-0.15, -0.1) is 10.2 Å². The Morgan fingerprint density at radius 2 is 2.16 bits per heavy atom. The maximum absolute atomic E-state index is 4.21. The van der Waals surface area contributed by atoms with Crippen LogP contribution in [-0.2, 0) is 13.1 Å². The Morgan fingerprint density at radius 3 is 2.89 bits per heavy atom. The number of fused-ring (bicyclic) bond motifs is 1. The molecule has 0 spiro atoms. The molecule has 0 saturated carbocycles. The first kappa shape index (κ1) is 14.5. The van der Waals surface area contributed by atoms with Crippen molar-refractivity contribution in [2.24, 2.45) is 5.92 Å². The van der Waals surface area contributed by atoms with E-state index in [1.165, 1.54) is 12.8 Å². The molecule has 0 aliphatic carbocycles. The van der Waals surface area contributed by atoms with E-state index >= 15 is 0 Å². The summed E-state index contributed by atoms with van der Waals surface area (Å²) in [7, 11) is 0. The fraction of sp³-hybridized carbons (Fsp3) is 0.857. The third-order valence-corrected chi connectivity index (χ3v) is 3.74. The summed E-state index contributed by atoms with van der Waals surface area (Å²) in [6, 6.07) is 0.620. The van der Waals surface area contributed by atoms with Crippen molar-refractivity contribution >= 4 is 0 Å². The molecular formula is C14H27N5. The molecule has 0 saturated heterocycles. The number of hydrogen-bond donors (Lipinski definition) is 1. The molecule has 0 amide bonds. The summed E-state index contributed by atoms with van der Waals surface area (Å²) in [5.74, 6) is 1.82. The van der Waals surface area contributed by atoms with E-state index in [9.17, 15) is 0 Å². The number of nitrogens with one attached hydrogen (secondary N) is 1. The van der Waals surface area contributed by atoms with Crippen LogP contribution >= 0.6 is 0 Å². The van der Waals surface area contributed by atoms with Gasteiger partial charge in [0.1, 0.15) is 12.2 Å². The Labute approximate surface area is 116 Å². The lowest BCUT2D eigenvalue weighted by atomic mass is 10.1. The third kappa shape index (κ3) is 4.01. The summed E-state index contributed by atoms with van der Waals surface area (Å²) >= 11 is 0. The van der Waals surface area contributed by atoms with Crippen molar-refractivity contribution < 1.29 is 0 Å². The highest BCUT2D eigenvalue weighted by atomic mass is 15.3. The number of nitrogens with zero attached hydrogens (tertiary/aromatic N) is 4. The average molecular weight is 265 g/mol. The minimum atomic E-state index is 0.620. The van der Waals surface area contributed by atoms with Crippen molar-refractivity contribution in [3.8, 4) is 0 Å². The molecule has 19 heavy (non-hydrogen) atoms. The summed E-state index contributed by atoms with van der Waals surface area (Å²) in [6.07, 6.45) is 4.33. The molecule has 1 aliphatic heterocycles. The van der Waals surface area contributed by atoms with Crippen molar-refractivity contribution in [3.05, 3.63) is 12.2 Å². The van der Waals surface area contributed by atoms with Gasteiger partial charge in [0.25, 0.3) is 0 Å². The molecule has 0 radical (unpaired) electrons. The molecular weight excluding hydrogens is 238 g/mol.